The maximum atomic E-state index is 12.9. The van der Waals surface area contributed by atoms with Crippen LogP contribution in [0.3, 0.4) is 0 Å². The molecule has 5 nitrogen and oxygen atoms in total. The maximum absolute atomic E-state index is 12.9. The van der Waals surface area contributed by atoms with Gasteiger partial charge in [0, 0.05) is 12.6 Å². The van der Waals surface area contributed by atoms with Crippen molar-refractivity contribution in [1.82, 2.24) is 9.80 Å². The number of benzene rings is 1. The Morgan fingerprint density at radius 1 is 1.31 bits per heavy atom. The second-order valence-electron chi connectivity index (χ2n) is 6.83. The molecular formula is C19H27Cl2N3O2. The number of carbonyl (C=O) groups excluding carboxylic acids is 2. The number of likely N-dealkylation sites (tertiary alicyclic amines) is 1. The van der Waals surface area contributed by atoms with E-state index in [1.165, 1.54) is 6.42 Å². The summed E-state index contributed by atoms with van der Waals surface area (Å²) >= 11 is 12.2. The number of hydrogen-bond acceptors (Lipinski definition) is 3. The average Bonchev–Trinajstić information content (AvgIpc) is 2.63. The first-order valence-corrected chi connectivity index (χ1v) is 9.85. The molecule has 1 fully saturated rings. The highest BCUT2D eigenvalue weighted by atomic mass is 35.5. The highest BCUT2D eigenvalue weighted by molar-refractivity contribution is 6.39. The fourth-order valence-electron chi connectivity index (χ4n) is 3.30. The van der Waals surface area contributed by atoms with Crippen LogP contribution in [0.25, 0.3) is 0 Å². The lowest BCUT2D eigenvalue weighted by Crippen LogP contribution is -2.52. The van der Waals surface area contributed by atoms with Crippen LogP contribution in [0.5, 0.6) is 0 Å². The van der Waals surface area contributed by atoms with E-state index in [0.717, 1.165) is 25.8 Å². The molecule has 2 atom stereocenters. The minimum atomic E-state index is -0.366. The monoisotopic (exact) mass is 399 g/mol. The molecule has 0 saturated carbocycles. The molecule has 2 rings (SSSR count). The lowest BCUT2D eigenvalue weighted by atomic mass is 9.99. The molecule has 7 heteroatoms. The molecule has 1 heterocycles. The summed E-state index contributed by atoms with van der Waals surface area (Å²) in [6.45, 7) is 4.85. The molecule has 0 aromatic heterocycles. The molecule has 1 N–H and O–H groups in total. The van der Waals surface area contributed by atoms with Gasteiger partial charge >= 0.3 is 0 Å². The molecular weight excluding hydrogens is 373 g/mol. The zero-order valence-corrected chi connectivity index (χ0v) is 17.1. The summed E-state index contributed by atoms with van der Waals surface area (Å²) < 4.78 is 0. The Labute approximate surface area is 165 Å². The van der Waals surface area contributed by atoms with Gasteiger partial charge in [0.1, 0.15) is 0 Å². The molecule has 0 aliphatic carbocycles. The highest BCUT2D eigenvalue weighted by Gasteiger charge is 2.30. The Balaban J connectivity index is 1.96. The van der Waals surface area contributed by atoms with E-state index in [9.17, 15) is 9.59 Å². The van der Waals surface area contributed by atoms with Crippen LogP contribution in [0.15, 0.2) is 18.2 Å². The van der Waals surface area contributed by atoms with Crippen LogP contribution < -0.4 is 5.32 Å². The summed E-state index contributed by atoms with van der Waals surface area (Å²) in [6, 6.07) is 4.99. The number of likely N-dealkylation sites (N-methyl/N-ethyl adjacent to an activating group) is 1. The number of halogens is 2. The smallest absolute Gasteiger partial charge is 0.239 e. The van der Waals surface area contributed by atoms with Crippen LogP contribution in [-0.2, 0) is 9.59 Å². The number of amides is 2. The van der Waals surface area contributed by atoms with Gasteiger partial charge in [-0.25, -0.2) is 0 Å². The molecule has 1 aromatic carbocycles. The number of rotatable bonds is 6. The van der Waals surface area contributed by atoms with Gasteiger partial charge in [-0.05, 0) is 51.8 Å². The summed E-state index contributed by atoms with van der Waals surface area (Å²) in [4.78, 5) is 29.0. The summed E-state index contributed by atoms with van der Waals surface area (Å²) in [5.41, 5.74) is 0.398. The van der Waals surface area contributed by atoms with Gasteiger partial charge in [0.05, 0.1) is 28.3 Å². The molecule has 26 heavy (non-hydrogen) atoms. The van der Waals surface area contributed by atoms with Gasteiger partial charge in [-0.3, -0.25) is 14.5 Å². The largest absolute Gasteiger partial charge is 0.338 e. The van der Waals surface area contributed by atoms with Crippen LogP contribution in [0.1, 0.15) is 39.5 Å². The van der Waals surface area contributed by atoms with E-state index < -0.39 is 0 Å². The normalized spacial score (nSPS) is 18.7. The minimum Gasteiger partial charge on any atom is -0.338 e. The molecule has 1 saturated heterocycles. The molecule has 1 aliphatic rings. The van der Waals surface area contributed by atoms with E-state index in [0.29, 0.717) is 21.8 Å². The predicted octanol–water partition coefficient (Wildman–Crippen LogP) is 4.04. The minimum absolute atomic E-state index is 0.0824. The summed E-state index contributed by atoms with van der Waals surface area (Å²) in [6.07, 6.45) is 4.25. The third-order valence-electron chi connectivity index (χ3n) is 5.02. The predicted molar refractivity (Wildman–Crippen MR) is 107 cm³/mol. The van der Waals surface area contributed by atoms with Crippen molar-refractivity contribution in [1.29, 1.82) is 0 Å². The van der Waals surface area contributed by atoms with Crippen LogP contribution in [-0.4, -0.2) is 53.8 Å². The van der Waals surface area contributed by atoms with E-state index >= 15 is 0 Å². The number of carbonyl (C=O) groups is 2. The third-order valence-corrected chi connectivity index (χ3v) is 5.65. The first-order valence-electron chi connectivity index (χ1n) is 9.09. The van der Waals surface area contributed by atoms with Gasteiger partial charge < -0.3 is 10.2 Å². The van der Waals surface area contributed by atoms with E-state index in [4.69, 9.17) is 23.2 Å². The molecule has 1 aliphatic heterocycles. The summed E-state index contributed by atoms with van der Waals surface area (Å²) in [7, 11) is 1.78. The molecule has 144 valence electrons. The maximum Gasteiger partial charge on any atom is 0.239 e. The molecule has 0 radical (unpaired) electrons. The number of hydrogen-bond donors (Lipinski definition) is 1. The van der Waals surface area contributed by atoms with Gasteiger partial charge in [0.15, 0.2) is 0 Å². The Hall–Kier alpha value is -1.30. The number of para-hydroxylation sites is 1. The number of piperidine rings is 1. The van der Waals surface area contributed by atoms with Crippen molar-refractivity contribution in [3.05, 3.63) is 28.2 Å². The van der Waals surface area contributed by atoms with Gasteiger partial charge in [0.25, 0.3) is 0 Å². The van der Waals surface area contributed by atoms with Crippen LogP contribution >= 0.6 is 23.2 Å². The first kappa shape index (κ1) is 21.0. The van der Waals surface area contributed by atoms with E-state index in [2.05, 4.69) is 12.2 Å². The lowest BCUT2D eigenvalue weighted by molar-refractivity contribution is -0.140. The van der Waals surface area contributed by atoms with E-state index in [1.54, 1.807) is 30.1 Å². The molecule has 2 unspecified atom stereocenters. The number of anilines is 1. The van der Waals surface area contributed by atoms with Crippen molar-refractivity contribution >= 4 is 40.7 Å². The number of nitrogens with zero attached hydrogens (tertiary/aromatic N) is 2. The summed E-state index contributed by atoms with van der Waals surface area (Å²) in [5, 5.41) is 3.51. The third kappa shape index (κ3) is 5.12. The standard InChI is InChI=1S/C19H27Cl2N3O2/c1-4-14-8-5-6-11-24(14)19(26)13(2)23(3)12-17(25)22-18-15(20)9-7-10-16(18)21/h7,9-10,13-14H,4-6,8,11-12H2,1-3H3,(H,22,25). The molecule has 0 bridgehead atoms. The van der Waals surface area contributed by atoms with Crippen LogP contribution in [0, 0.1) is 0 Å². The second-order valence-corrected chi connectivity index (χ2v) is 7.64. The highest BCUT2D eigenvalue weighted by Crippen LogP contribution is 2.29. The van der Waals surface area contributed by atoms with Gasteiger partial charge in [-0.1, -0.05) is 36.2 Å². The lowest BCUT2D eigenvalue weighted by Gasteiger charge is -2.38. The Bertz CT molecular complexity index is 633. The fraction of sp³-hybridized carbons (Fsp3) is 0.579. The Morgan fingerprint density at radius 3 is 2.58 bits per heavy atom. The van der Waals surface area contributed by atoms with E-state index in [1.807, 2.05) is 11.8 Å². The van der Waals surface area contributed by atoms with Gasteiger partial charge in [0.2, 0.25) is 11.8 Å². The SMILES string of the molecule is CCC1CCCCN1C(=O)C(C)N(C)CC(=O)Nc1c(Cl)cccc1Cl. The van der Waals surface area contributed by atoms with Crippen molar-refractivity contribution < 1.29 is 9.59 Å². The van der Waals surface area contributed by atoms with Crippen molar-refractivity contribution in [2.75, 3.05) is 25.5 Å². The van der Waals surface area contributed by atoms with E-state index in [-0.39, 0.29) is 24.4 Å². The van der Waals surface area contributed by atoms with Gasteiger partial charge in [-0.15, -0.1) is 0 Å². The topological polar surface area (TPSA) is 52.7 Å². The zero-order valence-electron chi connectivity index (χ0n) is 15.6. The molecule has 2 amide bonds. The second kappa shape index (κ2) is 9.58. The number of nitrogens with one attached hydrogen (secondary N) is 1. The van der Waals surface area contributed by atoms with Gasteiger partial charge in [-0.2, -0.15) is 0 Å². The Kier molecular flexibility index (Phi) is 7.74. The van der Waals surface area contributed by atoms with Crippen molar-refractivity contribution in [3.63, 3.8) is 0 Å². The van der Waals surface area contributed by atoms with Crippen molar-refractivity contribution in [3.8, 4) is 0 Å². The Morgan fingerprint density at radius 2 is 1.96 bits per heavy atom. The van der Waals surface area contributed by atoms with Crippen molar-refractivity contribution in [2.45, 2.75) is 51.6 Å². The van der Waals surface area contributed by atoms with Crippen molar-refractivity contribution in [2.24, 2.45) is 0 Å². The molecule has 1 aromatic rings. The molecule has 0 spiro atoms. The fourth-order valence-corrected chi connectivity index (χ4v) is 3.80. The first-order chi connectivity index (χ1) is 12.3. The summed E-state index contributed by atoms with van der Waals surface area (Å²) in [5.74, 6) is -0.171. The quantitative estimate of drug-likeness (QED) is 0.784. The van der Waals surface area contributed by atoms with Crippen LogP contribution in [0.2, 0.25) is 10.0 Å². The van der Waals surface area contributed by atoms with Crippen LogP contribution in [0.4, 0.5) is 5.69 Å². The zero-order chi connectivity index (χ0) is 19.3. The average molecular weight is 400 g/mol.